The zero-order valence-corrected chi connectivity index (χ0v) is 54.2. The van der Waals surface area contributed by atoms with E-state index in [2.05, 4.69) is 218 Å². The fourth-order valence-electron chi connectivity index (χ4n) is 8.65. The van der Waals surface area contributed by atoms with Gasteiger partial charge in [-0.2, -0.15) is 12.1 Å². The van der Waals surface area contributed by atoms with E-state index in [4.69, 9.17) is 17.0 Å². The molecule has 0 aliphatic carbocycles. The summed E-state index contributed by atoms with van der Waals surface area (Å²) in [6.07, 6.45) is 7.43. The first-order valence-corrected chi connectivity index (χ1v) is 47.3. The minimum atomic E-state index is -1.41. The summed E-state index contributed by atoms with van der Waals surface area (Å²) in [5.41, 5.74) is 11.9. The van der Waals surface area contributed by atoms with Gasteiger partial charge >= 0.3 is 37.9 Å². The number of fused-ring (bicyclic) bond motifs is 2. The molecule has 0 amide bonds. The summed E-state index contributed by atoms with van der Waals surface area (Å²) < 4.78 is 0. The Kier molecular flexibility index (Phi) is 22.9. The zero-order valence-electron chi connectivity index (χ0n) is 45.2. The van der Waals surface area contributed by atoms with E-state index in [1.54, 1.807) is 20.7 Å². The van der Waals surface area contributed by atoms with Crippen molar-refractivity contribution in [2.24, 2.45) is 0 Å². The molecular weight excluding hydrogens is 999 g/mol. The fourth-order valence-corrected chi connectivity index (χ4v) is 13.7. The van der Waals surface area contributed by atoms with Crippen molar-refractivity contribution in [1.29, 1.82) is 0 Å². The Morgan fingerprint density at radius 3 is 0.985 bits per heavy atom. The number of unbranched alkanes of at least 4 members (excludes halogenated alkanes) is 2. The van der Waals surface area contributed by atoms with Crippen LogP contribution in [0, 0.1) is 0 Å². The van der Waals surface area contributed by atoms with E-state index in [9.17, 15) is 0 Å². The van der Waals surface area contributed by atoms with Gasteiger partial charge in [-0.15, -0.1) is 69.1 Å². The first kappa shape index (κ1) is 59.0. The molecule has 6 rings (SSSR count). The fraction of sp³-hybridized carbons (Fsp3) is 0.483. The van der Waals surface area contributed by atoms with Gasteiger partial charge in [0.1, 0.15) is 0 Å². The van der Waals surface area contributed by atoms with Gasteiger partial charge < -0.3 is 0 Å². The second-order valence-corrected chi connectivity index (χ2v) is 48.5. The summed E-state index contributed by atoms with van der Waals surface area (Å²) >= 11 is -0.826. The molecule has 0 aliphatic rings. The van der Waals surface area contributed by atoms with Crippen molar-refractivity contribution in [3.05, 3.63) is 107 Å². The third kappa shape index (κ3) is 16.4. The Morgan fingerprint density at radius 2 is 0.758 bits per heavy atom. The summed E-state index contributed by atoms with van der Waals surface area (Å²) in [4.78, 5) is 0. The van der Waals surface area contributed by atoms with Crippen molar-refractivity contribution >= 4 is 101 Å². The minimum absolute atomic E-state index is 0.518. The summed E-state index contributed by atoms with van der Waals surface area (Å²) in [6, 6.07) is 34.6. The quantitative estimate of drug-likeness (QED) is 0.0753. The normalized spacial score (nSPS) is 12.1. The van der Waals surface area contributed by atoms with Crippen LogP contribution in [-0.4, -0.2) is 41.8 Å². The second kappa shape index (κ2) is 25.7. The molecule has 6 aromatic rings. The van der Waals surface area contributed by atoms with Crippen LogP contribution in [0.25, 0.3) is 43.8 Å². The third-order valence-electron chi connectivity index (χ3n) is 12.8. The molecule has 0 aliphatic heterocycles. The van der Waals surface area contributed by atoms with Gasteiger partial charge in [-0.3, -0.25) is 0 Å². The van der Waals surface area contributed by atoms with E-state index < -0.39 is 53.1 Å². The molecule has 358 valence electrons. The van der Waals surface area contributed by atoms with E-state index in [1.807, 2.05) is 0 Å². The van der Waals surface area contributed by atoms with Crippen molar-refractivity contribution in [3.8, 4) is 22.3 Å². The first-order valence-electron chi connectivity index (χ1n) is 25.0. The predicted molar refractivity (Wildman–Crippen MR) is 316 cm³/mol. The van der Waals surface area contributed by atoms with Gasteiger partial charge in [-0.25, -0.2) is 0 Å². The average Bonchev–Trinajstić information content (AvgIpc) is 3.84. The topological polar surface area (TPSA) is 0 Å². The van der Waals surface area contributed by atoms with Crippen molar-refractivity contribution < 1.29 is 20.8 Å². The van der Waals surface area contributed by atoms with Crippen molar-refractivity contribution in [2.45, 2.75) is 184 Å². The van der Waals surface area contributed by atoms with Gasteiger partial charge in [-0.1, -0.05) is 238 Å². The van der Waals surface area contributed by atoms with Crippen LogP contribution in [0.2, 0.25) is 91.7 Å². The molecule has 0 spiro atoms. The van der Waals surface area contributed by atoms with E-state index in [-0.39, 0.29) is 0 Å². The molecule has 6 aromatic carbocycles. The van der Waals surface area contributed by atoms with E-state index in [0.717, 1.165) is 9.52 Å². The molecule has 2 radical (unpaired) electrons. The van der Waals surface area contributed by atoms with Crippen LogP contribution in [-0.2, 0) is 33.7 Å². The van der Waals surface area contributed by atoms with E-state index >= 15 is 0 Å². The first-order chi connectivity index (χ1) is 30.7. The molecule has 8 heteroatoms. The summed E-state index contributed by atoms with van der Waals surface area (Å²) in [5.74, 6) is 1.04. The average molecular weight is 1090 g/mol. The number of rotatable bonds is 14. The van der Waals surface area contributed by atoms with Gasteiger partial charge in [0.25, 0.3) is 0 Å². The Bertz CT molecular complexity index is 2210. The zero-order chi connectivity index (χ0) is 49.9. The van der Waals surface area contributed by atoms with Gasteiger partial charge in [0.05, 0.1) is 32.3 Å². The molecular formula is C58H88Cl2Si5Zr. The van der Waals surface area contributed by atoms with Crippen LogP contribution in [0.15, 0.2) is 84.9 Å². The Morgan fingerprint density at radius 1 is 0.485 bits per heavy atom. The van der Waals surface area contributed by atoms with Gasteiger partial charge in [0.2, 0.25) is 0 Å². The number of hydrogen-bond acceptors (Lipinski definition) is 0. The SMILES string of the molecule is CCCCc1cc2c(-c3cc([Si](C)(C)C)cc([Si](C)(C)C)c3)c(C(C)C)ccc2[cH-]1.CCCCc1cc2c(-c3cc([Si](C)(C)C)cc([Si](C)(C)C)c3)c(C(C)C)ccc2[cH-]1.C[Si]C.[Cl][Zr+2][Cl]. The maximum absolute atomic E-state index is 4.93. The van der Waals surface area contributed by atoms with Crippen LogP contribution >= 0.6 is 17.0 Å². The summed E-state index contributed by atoms with van der Waals surface area (Å²) in [5, 5.41) is 12.1. The van der Waals surface area contributed by atoms with Crippen LogP contribution in [0.1, 0.15) is 101 Å². The molecule has 66 heavy (non-hydrogen) atoms. The van der Waals surface area contributed by atoms with Crippen LogP contribution < -0.4 is 20.7 Å². The molecule has 0 unspecified atom stereocenters. The van der Waals surface area contributed by atoms with Crippen molar-refractivity contribution in [3.63, 3.8) is 0 Å². The van der Waals surface area contributed by atoms with Gasteiger partial charge in [0.15, 0.2) is 0 Å². The number of benzene rings is 4. The molecule has 0 saturated carbocycles. The number of halogens is 2. The third-order valence-corrected chi connectivity index (χ3v) is 20.8. The summed E-state index contributed by atoms with van der Waals surface area (Å²) in [6.45, 7) is 48.0. The standard InChI is InChI=1S/2C28H41Si2.C2H6Si.2ClH.Zr/c2*1-10-11-12-21-15-22-13-14-26(20(2)3)28(27(22)16-21)23-17-24(29(4,5)6)19-25(18-23)30(7,8)9;1-3-2;;;/h2*13-20H,10-12H2,1-9H3;1-2H3;2*1H;/q2*-1;;;;+4/p-2. The molecule has 0 atom stereocenters. The monoisotopic (exact) mass is 1080 g/mol. The van der Waals surface area contributed by atoms with Crippen LogP contribution in [0.5, 0.6) is 0 Å². The van der Waals surface area contributed by atoms with Crippen LogP contribution in [0.4, 0.5) is 0 Å². The Balaban J connectivity index is 0.000000313. The predicted octanol–water partition coefficient (Wildman–Crippen LogP) is 17.7. The Hall–Kier alpha value is -1.35. The molecule has 0 bridgehead atoms. The molecule has 0 N–H and O–H groups in total. The van der Waals surface area contributed by atoms with E-state index in [1.165, 1.54) is 105 Å². The van der Waals surface area contributed by atoms with Gasteiger partial charge in [0, 0.05) is 9.52 Å². The van der Waals surface area contributed by atoms with Gasteiger partial charge in [-0.05, 0) is 35.8 Å². The number of aryl methyl sites for hydroxylation is 2. The number of hydrogen-bond donors (Lipinski definition) is 0. The molecule has 0 fully saturated rings. The maximum atomic E-state index is 4.93. The van der Waals surface area contributed by atoms with E-state index in [0.29, 0.717) is 11.8 Å². The molecule has 0 heterocycles. The van der Waals surface area contributed by atoms with Crippen molar-refractivity contribution in [2.75, 3.05) is 0 Å². The second-order valence-electron chi connectivity index (χ2n) is 23.5. The van der Waals surface area contributed by atoms with Crippen molar-refractivity contribution in [1.82, 2.24) is 0 Å². The Labute approximate surface area is 431 Å². The molecule has 0 saturated heterocycles. The van der Waals surface area contributed by atoms with Crippen LogP contribution in [0.3, 0.4) is 0 Å². The molecule has 0 nitrogen and oxygen atoms in total. The summed E-state index contributed by atoms with van der Waals surface area (Å²) in [7, 11) is 5.31. The molecule has 0 aromatic heterocycles.